The molecule has 0 aliphatic heterocycles. The van der Waals surface area contributed by atoms with Gasteiger partial charge in [0.05, 0.1) is 0 Å². The van der Waals surface area contributed by atoms with Crippen molar-refractivity contribution < 1.29 is 0 Å². The van der Waals surface area contributed by atoms with Gasteiger partial charge in [0.15, 0.2) is 0 Å². The van der Waals surface area contributed by atoms with Gasteiger partial charge in [0.2, 0.25) is 0 Å². The van der Waals surface area contributed by atoms with Crippen molar-refractivity contribution in [3.63, 3.8) is 0 Å². The topological polar surface area (TPSA) is 52.0 Å². The van der Waals surface area contributed by atoms with Gasteiger partial charge >= 0.3 is 0 Å². The zero-order valence-corrected chi connectivity index (χ0v) is 10.4. The van der Waals surface area contributed by atoms with Crippen LogP contribution in [-0.2, 0) is 0 Å². The summed E-state index contributed by atoms with van der Waals surface area (Å²) < 4.78 is 0. The summed E-state index contributed by atoms with van der Waals surface area (Å²) in [5.74, 6) is 0.789. The molecule has 1 aliphatic carbocycles. The summed E-state index contributed by atoms with van der Waals surface area (Å²) >= 11 is 0. The molecule has 1 heterocycles. The van der Waals surface area contributed by atoms with Crippen LogP contribution in [-0.4, -0.2) is 36.1 Å². The molecule has 0 spiro atoms. The molecule has 0 aromatic carbocycles. The summed E-state index contributed by atoms with van der Waals surface area (Å²) in [4.78, 5) is 6.51. The fourth-order valence-corrected chi connectivity index (χ4v) is 2.22. The highest BCUT2D eigenvalue weighted by Crippen LogP contribution is 2.36. The van der Waals surface area contributed by atoms with E-state index in [2.05, 4.69) is 35.4 Å². The number of likely N-dealkylation sites (N-methyl/N-ethyl adjacent to an activating group) is 1. The lowest BCUT2D eigenvalue weighted by Gasteiger charge is -2.47. The molecule has 1 N–H and O–H groups in total. The lowest BCUT2D eigenvalue weighted by atomic mass is 9.75. The van der Waals surface area contributed by atoms with Gasteiger partial charge in [0.1, 0.15) is 17.6 Å². The largest absolute Gasteiger partial charge is 0.368 e. The van der Waals surface area contributed by atoms with E-state index in [0.29, 0.717) is 5.69 Å². The number of rotatable bonds is 4. The molecule has 1 aromatic rings. The van der Waals surface area contributed by atoms with E-state index < -0.39 is 0 Å². The minimum absolute atomic E-state index is 0.268. The van der Waals surface area contributed by atoms with E-state index in [1.807, 2.05) is 12.1 Å². The Morgan fingerprint density at radius 1 is 1.47 bits per heavy atom. The van der Waals surface area contributed by atoms with Crippen LogP contribution in [0.15, 0.2) is 18.2 Å². The molecule has 0 radical (unpaired) electrons. The van der Waals surface area contributed by atoms with Crippen molar-refractivity contribution >= 4 is 5.82 Å². The minimum atomic E-state index is 0.268. The second-order valence-electron chi connectivity index (χ2n) is 4.85. The standard InChI is InChI=1S/C13H18N4/c1-17(2)13(7-4-8-13)10-15-12-6-3-5-11(9-14)16-12/h3,5-6H,4,7-8,10H2,1-2H3,(H,15,16). The number of nitrogens with zero attached hydrogens (tertiary/aromatic N) is 3. The van der Waals surface area contributed by atoms with E-state index in [-0.39, 0.29) is 5.54 Å². The molecular formula is C13H18N4. The van der Waals surface area contributed by atoms with Crippen LogP contribution in [0.25, 0.3) is 0 Å². The van der Waals surface area contributed by atoms with Crippen LogP contribution >= 0.6 is 0 Å². The first kappa shape index (κ1) is 11.9. The van der Waals surface area contributed by atoms with Gasteiger partial charge in [-0.15, -0.1) is 0 Å². The molecule has 0 bridgehead atoms. The first-order chi connectivity index (χ1) is 8.16. The van der Waals surface area contributed by atoms with Crippen LogP contribution in [0.2, 0.25) is 0 Å². The molecule has 1 fully saturated rings. The molecule has 1 aromatic heterocycles. The van der Waals surface area contributed by atoms with Crippen molar-refractivity contribution in [2.45, 2.75) is 24.8 Å². The smallest absolute Gasteiger partial charge is 0.142 e. The van der Waals surface area contributed by atoms with Crippen molar-refractivity contribution in [3.05, 3.63) is 23.9 Å². The van der Waals surface area contributed by atoms with Crippen molar-refractivity contribution in [2.75, 3.05) is 26.0 Å². The van der Waals surface area contributed by atoms with E-state index in [4.69, 9.17) is 5.26 Å². The predicted octanol–water partition coefficient (Wildman–Crippen LogP) is 1.85. The van der Waals surface area contributed by atoms with Gasteiger partial charge in [-0.3, -0.25) is 0 Å². The van der Waals surface area contributed by atoms with Gasteiger partial charge in [-0.1, -0.05) is 6.07 Å². The van der Waals surface area contributed by atoms with Crippen molar-refractivity contribution in [1.82, 2.24) is 9.88 Å². The van der Waals surface area contributed by atoms with Gasteiger partial charge in [-0.2, -0.15) is 5.26 Å². The third-order valence-corrected chi connectivity index (χ3v) is 3.70. The van der Waals surface area contributed by atoms with E-state index in [1.165, 1.54) is 19.3 Å². The van der Waals surface area contributed by atoms with E-state index in [9.17, 15) is 0 Å². The quantitative estimate of drug-likeness (QED) is 0.857. The molecule has 90 valence electrons. The SMILES string of the molecule is CN(C)C1(CNc2cccc(C#N)n2)CCC1. The Hall–Kier alpha value is -1.60. The van der Waals surface area contributed by atoms with Gasteiger partial charge in [-0.05, 0) is 45.5 Å². The molecule has 0 saturated heterocycles. The van der Waals surface area contributed by atoms with Gasteiger partial charge in [-0.25, -0.2) is 4.98 Å². The van der Waals surface area contributed by atoms with Crippen LogP contribution < -0.4 is 5.32 Å². The molecule has 17 heavy (non-hydrogen) atoms. The zero-order valence-electron chi connectivity index (χ0n) is 10.4. The maximum Gasteiger partial charge on any atom is 0.142 e. The first-order valence-corrected chi connectivity index (χ1v) is 5.95. The number of nitriles is 1. The van der Waals surface area contributed by atoms with Crippen LogP contribution in [0, 0.1) is 11.3 Å². The Kier molecular flexibility index (Phi) is 3.30. The van der Waals surface area contributed by atoms with Crippen LogP contribution in [0.1, 0.15) is 25.0 Å². The minimum Gasteiger partial charge on any atom is -0.368 e. The molecule has 0 amide bonds. The van der Waals surface area contributed by atoms with Crippen molar-refractivity contribution in [2.24, 2.45) is 0 Å². The molecule has 4 heteroatoms. The lowest BCUT2D eigenvalue weighted by Crippen LogP contribution is -2.54. The van der Waals surface area contributed by atoms with Crippen LogP contribution in [0.5, 0.6) is 0 Å². The molecule has 1 saturated carbocycles. The number of anilines is 1. The fraction of sp³-hybridized carbons (Fsp3) is 0.538. The molecule has 4 nitrogen and oxygen atoms in total. The third-order valence-electron chi connectivity index (χ3n) is 3.70. The zero-order chi connectivity index (χ0) is 12.3. The lowest BCUT2D eigenvalue weighted by molar-refractivity contribution is 0.0738. The summed E-state index contributed by atoms with van der Waals surface area (Å²) in [7, 11) is 4.25. The molecule has 0 unspecified atom stereocenters. The number of hydrogen-bond acceptors (Lipinski definition) is 4. The summed E-state index contributed by atoms with van der Waals surface area (Å²) in [5, 5.41) is 12.1. The van der Waals surface area contributed by atoms with Crippen molar-refractivity contribution in [1.29, 1.82) is 5.26 Å². The normalized spacial score (nSPS) is 17.3. The Labute approximate surface area is 102 Å². The number of pyridine rings is 1. The summed E-state index contributed by atoms with van der Waals surface area (Å²) in [6, 6.07) is 7.54. The third kappa shape index (κ3) is 2.40. The maximum atomic E-state index is 8.79. The average Bonchev–Trinajstić information content (AvgIpc) is 2.27. The van der Waals surface area contributed by atoms with Crippen LogP contribution in [0.3, 0.4) is 0 Å². The average molecular weight is 230 g/mol. The molecule has 1 aliphatic rings. The fourth-order valence-electron chi connectivity index (χ4n) is 2.22. The number of hydrogen-bond donors (Lipinski definition) is 1. The van der Waals surface area contributed by atoms with E-state index in [0.717, 1.165) is 12.4 Å². The molecule has 0 atom stereocenters. The Morgan fingerprint density at radius 3 is 2.76 bits per heavy atom. The summed E-state index contributed by atoms with van der Waals surface area (Å²) in [5.41, 5.74) is 0.729. The number of nitrogens with one attached hydrogen (secondary N) is 1. The van der Waals surface area contributed by atoms with E-state index >= 15 is 0 Å². The number of aromatic nitrogens is 1. The van der Waals surface area contributed by atoms with Gasteiger partial charge in [0, 0.05) is 12.1 Å². The van der Waals surface area contributed by atoms with Crippen LogP contribution in [0.4, 0.5) is 5.82 Å². The molecule has 2 rings (SSSR count). The second kappa shape index (κ2) is 4.72. The molecular weight excluding hydrogens is 212 g/mol. The Bertz CT molecular complexity index is 429. The predicted molar refractivity (Wildman–Crippen MR) is 67.7 cm³/mol. The summed E-state index contributed by atoms with van der Waals surface area (Å²) in [6.07, 6.45) is 3.75. The van der Waals surface area contributed by atoms with Gasteiger partial charge in [0.25, 0.3) is 0 Å². The summed E-state index contributed by atoms with van der Waals surface area (Å²) in [6.45, 7) is 0.891. The van der Waals surface area contributed by atoms with E-state index in [1.54, 1.807) is 6.07 Å². The highest BCUT2D eigenvalue weighted by Gasteiger charge is 2.38. The highest BCUT2D eigenvalue weighted by molar-refractivity contribution is 5.39. The first-order valence-electron chi connectivity index (χ1n) is 5.95. The Balaban J connectivity index is 2.00. The van der Waals surface area contributed by atoms with Crippen molar-refractivity contribution in [3.8, 4) is 6.07 Å². The monoisotopic (exact) mass is 230 g/mol. The maximum absolute atomic E-state index is 8.79. The highest BCUT2D eigenvalue weighted by atomic mass is 15.2. The van der Waals surface area contributed by atoms with Gasteiger partial charge < -0.3 is 10.2 Å². The Morgan fingerprint density at radius 2 is 2.24 bits per heavy atom. The second-order valence-corrected chi connectivity index (χ2v) is 4.85.